The van der Waals surface area contributed by atoms with E-state index in [4.69, 9.17) is 0 Å². The number of aryl methyl sites for hydroxylation is 1. The molecule has 0 aliphatic carbocycles. The van der Waals surface area contributed by atoms with Crippen LogP contribution in [0.4, 0.5) is 0 Å². The fourth-order valence-corrected chi connectivity index (χ4v) is 2.64. The predicted molar refractivity (Wildman–Crippen MR) is 73.7 cm³/mol. The Morgan fingerprint density at radius 2 is 2.22 bits per heavy atom. The number of nitrogens with one attached hydrogen (secondary N) is 1. The van der Waals surface area contributed by atoms with Crippen LogP contribution in [-0.2, 0) is 11.2 Å². The van der Waals surface area contributed by atoms with Crippen molar-refractivity contribution < 1.29 is 4.79 Å². The summed E-state index contributed by atoms with van der Waals surface area (Å²) in [6.07, 6.45) is 0.945. The van der Waals surface area contributed by atoms with Gasteiger partial charge in [-0.1, -0.05) is 18.2 Å². The second-order valence-corrected chi connectivity index (χ2v) is 5.13. The van der Waals surface area contributed by atoms with Crippen molar-refractivity contribution in [1.29, 1.82) is 0 Å². The van der Waals surface area contributed by atoms with Gasteiger partial charge < -0.3 is 10.2 Å². The van der Waals surface area contributed by atoms with Gasteiger partial charge in [-0.05, 0) is 37.0 Å². The van der Waals surface area contributed by atoms with Crippen LogP contribution in [0.2, 0.25) is 0 Å². The minimum Gasteiger partial charge on any atom is -0.337 e. The lowest BCUT2D eigenvalue weighted by Crippen LogP contribution is -2.53. The van der Waals surface area contributed by atoms with Crippen molar-refractivity contribution in [3.8, 4) is 0 Å². The van der Waals surface area contributed by atoms with Gasteiger partial charge in [0.25, 0.3) is 0 Å². The summed E-state index contributed by atoms with van der Waals surface area (Å²) in [6.45, 7) is 8.60. The highest BCUT2D eigenvalue weighted by atomic mass is 16.2. The third kappa shape index (κ3) is 2.72. The normalized spacial score (nSPS) is 19.9. The summed E-state index contributed by atoms with van der Waals surface area (Å²) in [4.78, 5) is 13.6. The molecule has 1 aliphatic heterocycles. The predicted octanol–water partition coefficient (Wildman–Crippen LogP) is 1.67. The molecule has 1 atom stereocenters. The second-order valence-electron chi connectivity index (χ2n) is 5.13. The Labute approximate surface area is 109 Å². The molecule has 1 saturated heterocycles. The maximum atomic E-state index is 11.6. The summed E-state index contributed by atoms with van der Waals surface area (Å²) in [7, 11) is 0. The Morgan fingerprint density at radius 1 is 1.44 bits per heavy atom. The number of hydrogen-bond acceptors (Lipinski definition) is 2. The average Bonchev–Trinajstić information content (AvgIpc) is 2.35. The topological polar surface area (TPSA) is 32.3 Å². The van der Waals surface area contributed by atoms with Crippen molar-refractivity contribution in [2.75, 3.05) is 19.6 Å². The molecule has 0 radical (unpaired) electrons. The van der Waals surface area contributed by atoms with Gasteiger partial charge in [-0.25, -0.2) is 0 Å². The van der Waals surface area contributed by atoms with E-state index in [0.29, 0.717) is 0 Å². The summed E-state index contributed by atoms with van der Waals surface area (Å²) >= 11 is 0. The van der Waals surface area contributed by atoms with Crippen LogP contribution in [0.5, 0.6) is 0 Å². The molecule has 1 aromatic rings. The molecular weight excluding hydrogens is 224 g/mol. The van der Waals surface area contributed by atoms with Crippen molar-refractivity contribution in [2.24, 2.45) is 0 Å². The number of nitrogens with zero attached hydrogens (tertiary/aromatic N) is 1. The Kier molecular flexibility index (Phi) is 4.02. The van der Waals surface area contributed by atoms with Gasteiger partial charge in [0.2, 0.25) is 5.91 Å². The molecule has 3 heteroatoms. The van der Waals surface area contributed by atoms with Gasteiger partial charge in [-0.15, -0.1) is 0 Å². The van der Waals surface area contributed by atoms with Gasteiger partial charge >= 0.3 is 0 Å². The maximum Gasteiger partial charge on any atom is 0.219 e. The molecule has 3 nitrogen and oxygen atoms in total. The lowest BCUT2D eigenvalue weighted by atomic mass is 9.96. The summed E-state index contributed by atoms with van der Waals surface area (Å²) < 4.78 is 0. The zero-order chi connectivity index (χ0) is 13.1. The first-order valence-corrected chi connectivity index (χ1v) is 6.62. The first-order chi connectivity index (χ1) is 8.59. The molecular formula is C15H22N2O. The third-order valence-electron chi connectivity index (χ3n) is 3.93. The number of piperazine rings is 1. The Morgan fingerprint density at radius 3 is 2.94 bits per heavy atom. The van der Waals surface area contributed by atoms with Crippen LogP contribution < -0.4 is 5.32 Å². The van der Waals surface area contributed by atoms with Gasteiger partial charge in [0.1, 0.15) is 0 Å². The molecule has 0 spiro atoms. The number of carbonyl (C=O) groups is 1. The van der Waals surface area contributed by atoms with Crippen LogP contribution in [0.25, 0.3) is 0 Å². The monoisotopic (exact) mass is 246 g/mol. The molecule has 1 heterocycles. The van der Waals surface area contributed by atoms with Crippen LogP contribution in [0.1, 0.15) is 23.6 Å². The van der Waals surface area contributed by atoms with Gasteiger partial charge in [0.05, 0.1) is 0 Å². The van der Waals surface area contributed by atoms with Crippen LogP contribution in [0.3, 0.4) is 0 Å². The van der Waals surface area contributed by atoms with Crippen LogP contribution in [0, 0.1) is 13.8 Å². The zero-order valence-corrected chi connectivity index (χ0v) is 11.5. The minimum atomic E-state index is 0.187. The van der Waals surface area contributed by atoms with Crippen molar-refractivity contribution >= 4 is 5.91 Å². The molecule has 1 aromatic carbocycles. The van der Waals surface area contributed by atoms with Crippen molar-refractivity contribution in [3.63, 3.8) is 0 Å². The number of benzene rings is 1. The van der Waals surface area contributed by atoms with E-state index >= 15 is 0 Å². The second kappa shape index (κ2) is 5.53. The SMILES string of the molecule is CC(=O)N1CCNCC1Cc1cccc(C)c1C. The van der Waals surface area contributed by atoms with Crippen LogP contribution in [-0.4, -0.2) is 36.5 Å². The molecule has 1 amide bonds. The van der Waals surface area contributed by atoms with Crippen LogP contribution in [0.15, 0.2) is 18.2 Å². The smallest absolute Gasteiger partial charge is 0.219 e. The number of amides is 1. The van der Waals surface area contributed by atoms with E-state index in [2.05, 4.69) is 37.4 Å². The lowest BCUT2D eigenvalue weighted by molar-refractivity contribution is -0.131. The third-order valence-corrected chi connectivity index (χ3v) is 3.93. The van der Waals surface area contributed by atoms with Crippen molar-refractivity contribution in [3.05, 3.63) is 34.9 Å². The largest absolute Gasteiger partial charge is 0.337 e. The van der Waals surface area contributed by atoms with E-state index < -0.39 is 0 Å². The highest BCUT2D eigenvalue weighted by Crippen LogP contribution is 2.17. The first-order valence-electron chi connectivity index (χ1n) is 6.62. The van der Waals surface area contributed by atoms with E-state index in [0.717, 1.165) is 26.1 Å². The number of rotatable bonds is 2. The molecule has 1 N–H and O–H groups in total. The molecule has 0 bridgehead atoms. The molecule has 2 rings (SSSR count). The summed E-state index contributed by atoms with van der Waals surface area (Å²) in [5.41, 5.74) is 4.03. The quantitative estimate of drug-likeness (QED) is 0.861. The molecule has 98 valence electrons. The van der Waals surface area contributed by atoms with E-state index in [9.17, 15) is 4.79 Å². The first kappa shape index (κ1) is 13.1. The highest BCUT2D eigenvalue weighted by Gasteiger charge is 2.24. The molecule has 1 aliphatic rings. The summed E-state index contributed by atoms with van der Waals surface area (Å²) in [5, 5.41) is 3.38. The molecule has 0 saturated carbocycles. The van der Waals surface area contributed by atoms with Gasteiger partial charge in [-0.3, -0.25) is 4.79 Å². The van der Waals surface area contributed by atoms with Gasteiger partial charge in [0, 0.05) is 32.6 Å². The summed E-state index contributed by atoms with van der Waals surface area (Å²) in [5.74, 6) is 0.187. The van der Waals surface area contributed by atoms with Crippen LogP contribution >= 0.6 is 0 Å². The average molecular weight is 246 g/mol. The van der Waals surface area contributed by atoms with E-state index in [1.807, 2.05) is 4.90 Å². The highest BCUT2D eigenvalue weighted by molar-refractivity contribution is 5.73. The Balaban J connectivity index is 2.16. The Bertz CT molecular complexity index is 442. The number of hydrogen-bond donors (Lipinski definition) is 1. The van der Waals surface area contributed by atoms with Crippen molar-refractivity contribution in [2.45, 2.75) is 33.2 Å². The van der Waals surface area contributed by atoms with Crippen molar-refractivity contribution in [1.82, 2.24) is 10.2 Å². The van der Waals surface area contributed by atoms with E-state index in [1.54, 1.807) is 6.92 Å². The lowest BCUT2D eigenvalue weighted by Gasteiger charge is -2.36. The fourth-order valence-electron chi connectivity index (χ4n) is 2.64. The molecule has 1 unspecified atom stereocenters. The van der Waals surface area contributed by atoms with E-state index in [-0.39, 0.29) is 11.9 Å². The summed E-state index contributed by atoms with van der Waals surface area (Å²) in [6, 6.07) is 6.71. The zero-order valence-electron chi connectivity index (χ0n) is 11.5. The number of carbonyl (C=O) groups excluding carboxylic acids is 1. The molecule has 1 fully saturated rings. The standard InChI is InChI=1S/C15H22N2O/c1-11-5-4-6-14(12(11)2)9-15-10-16-7-8-17(15)13(3)18/h4-6,15-16H,7-10H2,1-3H3. The minimum absolute atomic E-state index is 0.187. The maximum absolute atomic E-state index is 11.6. The van der Waals surface area contributed by atoms with Gasteiger partial charge in [0.15, 0.2) is 0 Å². The van der Waals surface area contributed by atoms with E-state index in [1.165, 1.54) is 16.7 Å². The molecule has 0 aromatic heterocycles. The fraction of sp³-hybridized carbons (Fsp3) is 0.533. The molecule has 18 heavy (non-hydrogen) atoms. The Hall–Kier alpha value is -1.35. The van der Waals surface area contributed by atoms with Gasteiger partial charge in [-0.2, -0.15) is 0 Å².